The van der Waals surface area contributed by atoms with Crippen LogP contribution in [0.2, 0.25) is 0 Å². The molecule has 0 saturated heterocycles. The maximum Gasteiger partial charge on any atom is 0.302 e. The first-order valence-electron chi connectivity index (χ1n) is 9.78. The SMILES string of the molecule is COc1cc(CCC(=O)CC(CCC2C=CC=CC2C)OC(C)=O)ccc1O. The molecule has 1 N–H and O–H groups in total. The van der Waals surface area contributed by atoms with Crippen molar-refractivity contribution >= 4 is 11.8 Å². The summed E-state index contributed by atoms with van der Waals surface area (Å²) < 4.78 is 10.5. The van der Waals surface area contributed by atoms with Crippen LogP contribution in [0.5, 0.6) is 11.5 Å². The number of phenols is 1. The van der Waals surface area contributed by atoms with Crippen LogP contribution in [0.3, 0.4) is 0 Å². The molecule has 0 radical (unpaired) electrons. The second kappa shape index (κ2) is 10.7. The van der Waals surface area contributed by atoms with Gasteiger partial charge in [-0.15, -0.1) is 0 Å². The van der Waals surface area contributed by atoms with Gasteiger partial charge in [0, 0.05) is 19.8 Å². The van der Waals surface area contributed by atoms with Crippen molar-refractivity contribution in [1.82, 2.24) is 0 Å². The van der Waals surface area contributed by atoms with Gasteiger partial charge in [-0.2, -0.15) is 0 Å². The van der Waals surface area contributed by atoms with E-state index in [0.717, 1.165) is 12.0 Å². The first kappa shape index (κ1) is 21.7. The van der Waals surface area contributed by atoms with Crippen LogP contribution in [-0.2, 0) is 20.7 Å². The van der Waals surface area contributed by atoms with Crippen molar-refractivity contribution in [3.63, 3.8) is 0 Å². The van der Waals surface area contributed by atoms with E-state index in [4.69, 9.17) is 9.47 Å². The van der Waals surface area contributed by atoms with Crippen molar-refractivity contribution in [3.05, 3.63) is 48.1 Å². The molecule has 1 aromatic carbocycles. The summed E-state index contributed by atoms with van der Waals surface area (Å²) in [6.07, 6.45) is 10.7. The van der Waals surface area contributed by atoms with Crippen molar-refractivity contribution in [2.75, 3.05) is 7.11 Å². The van der Waals surface area contributed by atoms with Crippen molar-refractivity contribution in [3.8, 4) is 11.5 Å². The number of allylic oxidation sites excluding steroid dienone is 4. The lowest BCUT2D eigenvalue weighted by molar-refractivity contribution is -0.148. The van der Waals surface area contributed by atoms with E-state index in [-0.39, 0.29) is 30.0 Å². The van der Waals surface area contributed by atoms with Gasteiger partial charge in [-0.05, 0) is 48.8 Å². The molecule has 1 aliphatic carbocycles. The summed E-state index contributed by atoms with van der Waals surface area (Å²) in [6.45, 7) is 3.55. The van der Waals surface area contributed by atoms with Gasteiger partial charge in [-0.3, -0.25) is 9.59 Å². The smallest absolute Gasteiger partial charge is 0.302 e. The molecule has 0 fully saturated rings. The average Bonchev–Trinajstić information content (AvgIpc) is 2.66. The first-order valence-corrected chi connectivity index (χ1v) is 9.78. The van der Waals surface area contributed by atoms with Crippen LogP contribution in [0.15, 0.2) is 42.5 Å². The number of aromatic hydroxyl groups is 1. The van der Waals surface area contributed by atoms with Crippen LogP contribution < -0.4 is 4.74 Å². The fourth-order valence-corrected chi connectivity index (χ4v) is 3.46. The third-order valence-electron chi connectivity index (χ3n) is 5.11. The van der Waals surface area contributed by atoms with Gasteiger partial charge in [-0.1, -0.05) is 37.3 Å². The van der Waals surface area contributed by atoms with Crippen LogP contribution in [-0.4, -0.2) is 30.1 Å². The molecule has 5 nitrogen and oxygen atoms in total. The standard InChI is InChI=1S/C23H30O5/c1-16-6-4-5-7-19(16)10-12-21(28-17(2)24)15-20(25)11-8-18-9-13-22(26)23(14-18)27-3/h4-7,9,13-14,16,19,21,26H,8,10-12,15H2,1-3H3. The summed E-state index contributed by atoms with van der Waals surface area (Å²) in [7, 11) is 1.49. The minimum atomic E-state index is -0.383. The molecule has 2 rings (SSSR count). The van der Waals surface area contributed by atoms with Crippen LogP contribution in [0.1, 0.15) is 45.1 Å². The molecule has 3 atom stereocenters. The molecule has 0 saturated carbocycles. The molecule has 0 amide bonds. The molecule has 152 valence electrons. The molecule has 0 bridgehead atoms. The lowest BCUT2D eigenvalue weighted by atomic mass is 9.85. The Labute approximate surface area is 167 Å². The van der Waals surface area contributed by atoms with E-state index in [2.05, 4.69) is 19.1 Å². The number of hydrogen-bond donors (Lipinski definition) is 1. The molecule has 1 aliphatic rings. The van der Waals surface area contributed by atoms with Crippen LogP contribution >= 0.6 is 0 Å². The maximum atomic E-state index is 12.4. The van der Waals surface area contributed by atoms with Gasteiger partial charge in [0.25, 0.3) is 0 Å². The Morgan fingerprint density at radius 2 is 1.96 bits per heavy atom. The van der Waals surface area contributed by atoms with Gasteiger partial charge in [0.1, 0.15) is 11.9 Å². The summed E-state index contributed by atoms with van der Waals surface area (Å²) in [5, 5.41) is 9.65. The summed E-state index contributed by atoms with van der Waals surface area (Å²) in [5.41, 5.74) is 0.917. The van der Waals surface area contributed by atoms with Gasteiger partial charge < -0.3 is 14.6 Å². The number of ketones is 1. The zero-order chi connectivity index (χ0) is 20.5. The number of rotatable bonds is 10. The molecule has 0 spiro atoms. The summed E-state index contributed by atoms with van der Waals surface area (Å²) in [6, 6.07) is 5.07. The highest BCUT2D eigenvalue weighted by Crippen LogP contribution is 2.28. The van der Waals surface area contributed by atoms with E-state index in [0.29, 0.717) is 36.8 Å². The largest absolute Gasteiger partial charge is 0.504 e. The Morgan fingerprint density at radius 1 is 1.21 bits per heavy atom. The molecule has 0 heterocycles. The minimum Gasteiger partial charge on any atom is -0.504 e. The normalized spacial score (nSPS) is 19.2. The molecule has 28 heavy (non-hydrogen) atoms. The van der Waals surface area contributed by atoms with Crippen LogP contribution in [0.25, 0.3) is 0 Å². The fourth-order valence-electron chi connectivity index (χ4n) is 3.46. The minimum absolute atomic E-state index is 0.0606. The van der Waals surface area contributed by atoms with Crippen LogP contribution in [0.4, 0.5) is 0 Å². The van der Waals surface area contributed by atoms with E-state index in [9.17, 15) is 14.7 Å². The number of benzene rings is 1. The number of Topliss-reactive ketones (excluding diaryl/α,β-unsaturated/α-hetero) is 1. The predicted molar refractivity (Wildman–Crippen MR) is 108 cm³/mol. The van der Waals surface area contributed by atoms with E-state index >= 15 is 0 Å². The number of hydrogen-bond acceptors (Lipinski definition) is 5. The van der Waals surface area contributed by atoms with E-state index in [1.54, 1.807) is 18.2 Å². The number of esters is 1. The highest BCUT2D eigenvalue weighted by atomic mass is 16.5. The molecular formula is C23H30O5. The third kappa shape index (κ3) is 6.87. The number of methoxy groups -OCH3 is 1. The lowest BCUT2D eigenvalue weighted by Crippen LogP contribution is -2.22. The topological polar surface area (TPSA) is 72.8 Å². The molecule has 3 unspecified atom stereocenters. The number of carbonyl (C=O) groups is 2. The van der Waals surface area contributed by atoms with Gasteiger partial charge in [0.2, 0.25) is 0 Å². The Hall–Kier alpha value is -2.56. The zero-order valence-electron chi connectivity index (χ0n) is 16.9. The Kier molecular flexibility index (Phi) is 8.30. The van der Waals surface area contributed by atoms with Crippen molar-refractivity contribution < 1.29 is 24.2 Å². The highest BCUT2D eigenvalue weighted by Gasteiger charge is 2.21. The monoisotopic (exact) mass is 386 g/mol. The van der Waals surface area contributed by atoms with Gasteiger partial charge in [0.15, 0.2) is 11.5 Å². The zero-order valence-corrected chi connectivity index (χ0v) is 16.9. The highest BCUT2D eigenvalue weighted by molar-refractivity contribution is 5.79. The van der Waals surface area contributed by atoms with Crippen molar-refractivity contribution in [2.24, 2.45) is 11.8 Å². The summed E-state index contributed by atoms with van der Waals surface area (Å²) in [5.74, 6) is 1.03. The van der Waals surface area contributed by atoms with Crippen molar-refractivity contribution in [1.29, 1.82) is 0 Å². The summed E-state index contributed by atoms with van der Waals surface area (Å²) in [4.78, 5) is 23.9. The van der Waals surface area contributed by atoms with Crippen LogP contribution in [0, 0.1) is 11.8 Å². The van der Waals surface area contributed by atoms with E-state index < -0.39 is 0 Å². The second-order valence-electron chi connectivity index (χ2n) is 7.35. The Bertz CT molecular complexity index is 735. The molecule has 5 heteroatoms. The average molecular weight is 386 g/mol. The number of phenolic OH excluding ortho intramolecular Hbond substituents is 1. The van der Waals surface area contributed by atoms with Crippen molar-refractivity contribution in [2.45, 2.75) is 52.1 Å². The molecule has 1 aromatic rings. The molecular weight excluding hydrogens is 356 g/mol. The number of carbonyl (C=O) groups excluding carboxylic acids is 2. The van der Waals surface area contributed by atoms with Gasteiger partial charge in [0.05, 0.1) is 7.11 Å². The Morgan fingerprint density at radius 3 is 2.64 bits per heavy atom. The predicted octanol–water partition coefficient (Wildman–Crippen LogP) is 4.38. The maximum absolute atomic E-state index is 12.4. The van der Waals surface area contributed by atoms with Gasteiger partial charge in [-0.25, -0.2) is 0 Å². The first-order chi connectivity index (χ1) is 13.4. The summed E-state index contributed by atoms with van der Waals surface area (Å²) >= 11 is 0. The third-order valence-corrected chi connectivity index (χ3v) is 5.11. The molecule has 0 aliphatic heterocycles. The van der Waals surface area contributed by atoms with Gasteiger partial charge >= 0.3 is 5.97 Å². The quantitative estimate of drug-likeness (QED) is 0.604. The molecule has 0 aromatic heterocycles. The fraction of sp³-hybridized carbons (Fsp3) is 0.478. The number of aryl methyl sites for hydroxylation is 1. The Balaban J connectivity index is 1.86. The second-order valence-corrected chi connectivity index (χ2v) is 7.35. The van der Waals surface area contributed by atoms with E-state index in [1.807, 2.05) is 12.2 Å². The van der Waals surface area contributed by atoms with E-state index in [1.165, 1.54) is 14.0 Å². The lowest BCUT2D eigenvalue weighted by Gasteiger charge is -2.23. The number of ether oxygens (including phenoxy) is 2.